The van der Waals surface area contributed by atoms with Gasteiger partial charge in [-0.15, -0.1) is 0 Å². The van der Waals surface area contributed by atoms with Crippen molar-refractivity contribution in [2.24, 2.45) is 0 Å². The molecule has 2 aromatic rings. The lowest BCUT2D eigenvalue weighted by molar-refractivity contribution is 0.0696. The highest BCUT2D eigenvalue weighted by molar-refractivity contribution is 7.90. The predicted octanol–water partition coefficient (Wildman–Crippen LogP) is 1.59. The first-order valence-corrected chi connectivity index (χ1v) is 7.69. The van der Waals surface area contributed by atoms with Crippen LogP contribution in [0.1, 0.15) is 21.6 Å². The topological polar surface area (TPSA) is 89.3 Å². The van der Waals surface area contributed by atoms with E-state index in [1.165, 1.54) is 25.4 Å². The summed E-state index contributed by atoms with van der Waals surface area (Å²) in [4.78, 5) is 15.2. The summed E-state index contributed by atoms with van der Waals surface area (Å²) in [5.41, 5.74) is 1.34. The third-order valence-corrected chi connectivity index (χ3v) is 4.23. The second kappa shape index (κ2) is 4.75. The molecule has 0 atom stereocenters. The Morgan fingerprint density at radius 3 is 2.40 bits per heavy atom. The number of aromatic nitrogens is 2. The molecule has 20 heavy (non-hydrogen) atoms. The van der Waals surface area contributed by atoms with Crippen molar-refractivity contribution in [1.29, 1.82) is 0 Å². The minimum Gasteiger partial charge on any atom is -0.478 e. The summed E-state index contributed by atoms with van der Waals surface area (Å²) < 4.78 is 25.6. The summed E-state index contributed by atoms with van der Waals surface area (Å²) in [6.07, 6.45) is 4.25. The van der Waals surface area contributed by atoms with Crippen LogP contribution in [-0.4, -0.2) is 35.3 Å². The van der Waals surface area contributed by atoms with Crippen LogP contribution in [0.3, 0.4) is 0 Å². The van der Waals surface area contributed by atoms with Gasteiger partial charge in [-0.2, -0.15) is 0 Å². The number of imidazole rings is 1. The van der Waals surface area contributed by atoms with E-state index in [0.717, 1.165) is 11.9 Å². The Morgan fingerprint density at radius 2 is 1.95 bits per heavy atom. The molecule has 7 heteroatoms. The van der Waals surface area contributed by atoms with Gasteiger partial charge in [-0.05, 0) is 31.5 Å². The van der Waals surface area contributed by atoms with E-state index in [-0.39, 0.29) is 16.0 Å². The second-order valence-corrected chi connectivity index (χ2v) is 6.54. The van der Waals surface area contributed by atoms with E-state index in [1.807, 2.05) is 0 Å². The lowest BCUT2D eigenvalue weighted by atomic mass is 10.1. The lowest BCUT2D eigenvalue weighted by Gasteiger charge is -2.13. The summed E-state index contributed by atoms with van der Waals surface area (Å²) in [5.74, 6) is -1.15. The Hall–Kier alpha value is -2.15. The fourth-order valence-electron chi connectivity index (χ4n) is 2.13. The van der Waals surface area contributed by atoms with Crippen LogP contribution < -0.4 is 0 Å². The van der Waals surface area contributed by atoms with Gasteiger partial charge in [0, 0.05) is 12.5 Å². The van der Waals surface area contributed by atoms with E-state index in [9.17, 15) is 13.2 Å². The smallest absolute Gasteiger partial charge is 0.335 e. The number of rotatable bonds is 3. The lowest BCUT2D eigenvalue weighted by Crippen LogP contribution is -2.11. The predicted molar refractivity (Wildman–Crippen MR) is 73.1 cm³/mol. The number of benzene rings is 1. The molecule has 0 aliphatic carbocycles. The Bertz CT molecular complexity index is 791. The average Bonchev–Trinajstić information content (AvgIpc) is 2.73. The van der Waals surface area contributed by atoms with E-state index >= 15 is 0 Å². The van der Waals surface area contributed by atoms with Crippen LogP contribution >= 0.6 is 0 Å². The van der Waals surface area contributed by atoms with E-state index in [2.05, 4.69) is 4.98 Å². The molecule has 0 aliphatic rings. The van der Waals surface area contributed by atoms with Gasteiger partial charge in [-0.3, -0.25) is 0 Å². The van der Waals surface area contributed by atoms with Crippen LogP contribution in [0.4, 0.5) is 0 Å². The maximum absolute atomic E-state index is 12.0. The number of sulfone groups is 1. The van der Waals surface area contributed by atoms with Crippen molar-refractivity contribution in [2.75, 3.05) is 6.26 Å². The van der Waals surface area contributed by atoms with Crippen LogP contribution in [0.2, 0.25) is 0 Å². The first-order chi connectivity index (χ1) is 9.21. The largest absolute Gasteiger partial charge is 0.478 e. The first kappa shape index (κ1) is 14.3. The number of aryl methyl sites for hydroxylation is 1. The number of hydrogen-bond donors (Lipinski definition) is 1. The van der Waals surface area contributed by atoms with Gasteiger partial charge in [0.05, 0.1) is 28.2 Å². The van der Waals surface area contributed by atoms with Gasteiger partial charge in [0.25, 0.3) is 0 Å². The molecular formula is C13H14N2O4S. The molecule has 6 nitrogen and oxygen atoms in total. The van der Waals surface area contributed by atoms with Crippen molar-refractivity contribution in [2.45, 2.75) is 18.7 Å². The normalized spacial score (nSPS) is 11.6. The van der Waals surface area contributed by atoms with Crippen molar-refractivity contribution in [3.63, 3.8) is 0 Å². The van der Waals surface area contributed by atoms with Crippen molar-refractivity contribution in [1.82, 2.24) is 9.55 Å². The molecule has 2 rings (SSSR count). The molecule has 0 bridgehead atoms. The fourth-order valence-corrected chi connectivity index (χ4v) is 3.35. The summed E-state index contributed by atoms with van der Waals surface area (Å²) in [7, 11) is -3.57. The van der Waals surface area contributed by atoms with Gasteiger partial charge in [-0.1, -0.05) is 0 Å². The number of carboxylic acids is 1. The third kappa shape index (κ3) is 2.44. The van der Waals surface area contributed by atoms with Gasteiger partial charge in [0.15, 0.2) is 9.84 Å². The highest BCUT2D eigenvalue weighted by atomic mass is 32.2. The zero-order valence-electron chi connectivity index (χ0n) is 11.3. The molecule has 1 aromatic carbocycles. The minimum atomic E-state index is -3.57. The molecule has 0 spiro atoms. The maximum atomic E-state index is 12.0. The number of aromatic carboxylic acids is 1. The van der Waals surface area contributed by atoms with Crippen LogP contribution in [-0.2, 0) is 9.84 Å². The molecule has 1 heterocycles. The monoisotopic (exact) mass is 294 g/mol. The van der Waals surface area contributed by atoms with E-state index in [0.29, 0.717) is 5.69 Å². The molecule has 0 amide bonds. The minimum absolute atomic E-state index is 0.00907. The second-order valence-electron chi connectivity index (χ2n) is 4.59. The van der Waals surface area contributed by atoms with Crippen LogP contribution in [0.25, 0.3) is 5.69 Å². The number of carbonyl (C=O) groups is 1. The van der Waals surface area contributed by atoms with Crippen LogP contribution in [0, 0.1) is 13.8 Å². The Balaban J connectivity index is 2.83. The van der Waals surface area contributed by atoms with E-state index in [1.54, 1.807) is 17.7 Å². The number of hydrogen-bond acceptors (Lipinski definition) is 4. The molecule has 1 aromatic heterocycles. The van der Waals surface area contributed by atoms with E-state index < -0.39 is 15.8 Å². The SMILES string of the molecule is Cc1cn(-c2ccc(C(=O)O)c(C)c2S(C)(=O)=O)cn1. The van der Waals surface area contributed by atoms with Gasteiger partial charge in [0.1, 0.15) is 0 Å². The van der Waals surface area contributed by atoms with Crippen molar-refractivity contribution < 1.29 is 18.3 Å². The Kier molecular flexibility index (Phi) is 3.39. The van der Waals surface area contributed by atoms with Gasteiger partial charge < -0.3 is 9.67 Å². The molecule has 0 saturated carbocycles. The maximum Gasteiger partial charge on any atom is 0.335 e. The summed E-state index contributed by atoms with van der Waals surface area (Å²) in [5, 5.41) is 9.11. The van der Waals surface area contributed by atoms with Gasteiger partial charge >= 0.3 is 5.97 Å². The molecule has 106 valence electrons. The highest BCUT2D eigenvalue weighted by Gasteiger charge is 2.22. The van der Waals surface area contributed by atoms with Crippen molar-refractivity contribution >= 4 is 15.8 Å². The van der Waals surface area contributed by atoms with Crippen LogP contribution in [0.15, 0.2) is 29.6 Å². The fraction of sp³-hybridized carbons (Fsp3) is 0.231. The summed E-state index contributed by atoms with van der Waals surface area (Å²) in [6.45, 7) is 3.28. The van der Waals surface area contributed by atoms with Gasteiger partial charge in [-0.25, -0.2) is 18.2 Å². The number of carboxylic acid groups (broad SMARTS) is 1. The Labute approximate surface area is 116 Å². The van der Waals surface area contributed by atoms with Gasteiger partial charge in [0.2, 0.25) is 0 Å². The molecule has 0 aliphatic heterocycles. The molecule has 0 unspecified atom stereocenters. The zero-order valence-corrected chi connectivity index (χ0v) is 12.1. The first-order valence-electron chi connectivity index (χ1n) is 5.79. The summed E-state index contributed by atoms with van der Waals surface area (Å²) in [6, 6.07) is 2.88. The molecule has 1 N–H and O–H groups in total. The molecule has 0 radical (unpaired) electrons. The zero-order chi connectivity index (χ0) is 15.1. The quantitative estimate of drug-likeness (QED) is 0.928. The van der Waals surface area contributed by atoms with Crippen LogP contribution in [0.5, 0.6) is 0 Å². The van der Waals surface area contributed by atoms with Crippen molar-refractivity contribution in [3.8, 4) is 5.69 Å². The highest BCUT2D eigenvalue weighted by Crippen LogP contribution is 2.27. The standard InChI is InChI=1S/C13H14N2O4S/c1-8-6-15(7-14-8)11-5-4-10(13(16)17)9(2)12(11)20(3,18)19/h4-7H,1-3H3,(H,16,17). The molecular weight excluding hydrogens is 280 g/mol. The Morgan fingerprint density at radius 1 is 1.30 bits per heavy atom. The molecule has 0 fully saturated rings. The summed E-state index contributed by atoms with van der Waals surface area (Å²) >= 11 is 0. The third-order valence-electron chi connectivity index (χ3n) is 2.98. The van der Waals surface area contributed by atoms with E-state index in [4.69, 9.17) is 5.11 Å². The average molecular weight is 294 g/mol. The number of nitrogens with zero attached hydrogens (tertiary/aromatic N) is 2. The van der Waals surface area contributed by atoms with Crippen molar-refractivity contribution in [3.05, 3.63) is 41.5 Å². The molecule has 0 saturated heterocycles.